The van der Waals surface area contributed by atoms with Crippen molar-refractivity contribution >= 4 is 5.91 Å². The van der Waals surface area contributed by atoms with Gasteiger partial charge < -0.3 is 18.8 Å². The lowest BCUT2D eigenvalue weighted by molar-refractivity contribution is 0.0709. The maximum absolute atomic E-state index is 13.2. The molecule has 0 atom stereocenters. The maximum Gasteiger partial charge on any atom is 0.289 e. The topological polar surface area (TPSA) is 69.7 Å². The molecule has 0 bridgehead atoms. The highest BCUT2D eigenvalue weighted by Crippen LogP contribution is 2.36. The Morgan fingerprint density at radius 3 is 2.38 bits per heavy atom. The second-order valence-electron chi connectivity index (χ2n) is 7.79. The Labute approximate surface area is 199 Å². The van der Waals surface area contributed by atoms with E-state index in [4.69, 9.17) is 19.0 Å². The van der Waals surface area contributed by atoms with Crippen molar-refractivity contribution in [3.63, 3.8) is 0 Å². The van der Waals surface area contributed by atoms with Crippen LogP contribution in [0.4, 0.5) is 0 Å². The van der Waals surface area contributed by atoms with Crippen molar-refractivity contribution in [1.29, 1.82) is 0 Å². The Hall–Kier alpha value is -4.00. The molecule has 2 aromatic carbocycles. The lowest BCUT2D eigenvalue weighted by Gasteiger charge is -2.22. The van der Waals surface area contributed by atoms with Crippen molar-refractivity contribution in [1.82, 2.24) is 14.7 Å². The highest BCUT2D eigenvalue weighted by molar-refractivity contribution is 5.91. The highest BCUT2D eigenvalue weighted by atomic mass is 16.5. The van der Waals surface area contributed by atoms with Crippen molar-refractivity contribution in [2.24, 2.45) is 0 Å². The van der Waals surface area contributed by atoms with Crippen LogP contribution in [-0.2, 0) is 13.0 Å². The summed E-state index contributed by atoms with van der Waals surface area (Å²) in [7, 11) is 1.61. The first-order valence-corrected chi connectivity index (χ1v) is 11.5. The second-order valence-corrected chi connectivity index (χ2v) is 7.79. The van der Waals surface area contributed by atoms with Gasteiger partial charge in [-0.05, 0) is 49.2 Å². The van der Waals surface area contributed by atoms with Gasteiger partial charge in [-0.1, -0.05) is 44.2 Å². The SMILES string of the molecule is CCCN(Cc1c(CC)nn(-c2ccccc2)c1Oc1ccccc1OC)C(=O)c1ccco1. The highest BCUT2D eigenvalue weighted by Gasteiger charge is 2.26. The minimum atomic E-state index is -0.162. The van der Waals surface area contributed by atoms with Crippen LogP contribution in [0.1, 0.15) is 42.1 Å². The van der Waals surface area contributed by atoms with Crippen LogP contribution in [0.25, 0.3) is 5.69 Å². The molecule has 4 rings (SSSR count). The Bertz CT molecular complexity index is 1220. The zero-order valence-corrected chi connectivity index (χ0v) is 19.7. The molecule has 0 N–H and O–H groups in total. The van der Waals surface area contributed by atoms with Gasteiger partial charge in [-0.15, -0.1) is 0 Å². The van der Waals surface area contributed by atoms with Gasteiger partial charge in [0.1, 0.15) is 0 Å². The number of benzene rings is 2. The average Bonchev–Trinajstić information content (AvgIpc) is 3.53. The van der Waals surface area contributed by atoms with Gasteiger partial charge in [-0.25, -0.2) is 4.68 Å². The van der Waals surface area contributed by atoms with E-state index in [2.05, 4.69) is 0 Å². The van der Waals surface area contributed by atoms with Crippen LogP contribution in [0.5, 0.6) is 17.4 Å². The molecule has 2 heterocycles. The van der Waals surface area contributed by atoms with Gasteiger partial charge in [-0.2, -0.15) is 5.10 Å². The van der Waals surface area contributed by atoms with E-state index in [1.807, 2.05) is 68.4 Å². The molecule has 0 aliphatic carbocycles. The van der Waals surface area contributed by atoms with Crippen LogP contribution >= 0.6 is 0 Å². The normalized spacial score (nSPS) is 10.8. The molecule has 0 radical (unpaired) electrons. The predicted octanol–water partition coefficient (Wildman–Crippen LogP) is 5.88. The number of furan rings is 1. The molecule has 0 spiro atoms. The van der Waals surface area contributed by atoms with Gasteiger partial charge >= 0.3 is 0 Å². The van der Waals surface area contributed by atoms with E-state index < -0.39 is 0 Å². The third-order valence-corrected chi connectivity index (χ3v) is 5.49. The molecule has 176 valence electrons. The molecule has 0 saturated heterocycles. The fourth-order valence-electron chi connectivity index (χ4n) is 3.85. The third kappa shape index (κ3) is 4.83. The summed E-state index contributed by atoms with van der Waals surface area (Å²) in [6.45, 7) is 5.01. The van der Waals surface area contributed by atoms with E-state index in [-0.39, 0.29) is 5.91 Å². The molecule has 4 aromatic rings. The Kier molecular flexibility index (Phi) is 7.32. The van der Waals surface area contributed by atoms with Crippen LogP contribution in [0.2, 0.25) is 0 Å². The molecule has 7 heteroatoms. The van der Waals surface area contributed by atoms with Gasteiger partial charge in [0.2, 0.25) is 5.88 Å². The van der Waals surface area contributed by atoms with E-state index in [0.29, 0.717) is 42.6 Å². The largest absolute Gasteiger partial charge is 0.493 e. The summed E-state index contributed by atoms with van der Waals surface area (Å²) in [5.41, 5.74) is 2.58. The summed E-state index contributed by atoms with van der Waals surface area (Å²) in [6, 6.07) is 20.7. The molecular formula is C27H29N3O4. The molecule has 0 aliphatic heterocycles. The second kappa shape index (κ2) is 10.7. The lowest BCUT2D eigenvalue weighted by atomic mass is 10.1. The number of hydrogen-bond donors (Lipinski definition) is 0. The van der Waals surface area contributed by atoms with Gasteiger partial charge in [0.05, 0.1) is 36.9 Å². The third-order valence-electron chi connectivity index (χ3n) is 5.49. The summed E-state index contributed by atoms with van der Waals surface area (Å²) in [5, 5.41) is 4.88. The number of hydrogen-bond acceptors (Lipinski definition) is 5. The molecule has 34 heavy (non-hydrogen) atoms. The smallest absolute Gasteiger partial charge is 0.289 e. The van der Waals surface area contributed by atoms with Crippen LogP contribution in [0, 0.1) is 0 Å². The van der Waals surface area contributed by atoms with Gasteiger partial charge in [0.15, 0.2) is 17.3 Å². The number of aryl methyl sites for hydroxylation is 1. The fraction of sp³-hybridized carbons (Fsp3) is 0.259. The summed E-state index contributed by atoms with van der Waals surface area (Å²) in [5.74, 6) is 1.90. The first-order chi connectivity index (χ1) is 16.7. The predicted molar refractivity (Wildman–Crippen MR) is 130 cm³/mol. The monoisotopic (exact) mass is 459 g/mol. The first-order valence-electron chi connectivity index (χ1n) is 11.5. The first kappa shape index (κ1) is 23.2. The van der Waals surface area contributed by atoms with Crippen molar-refractivity contribution < 1.29 is 18.7 Å². The summed E-state index contributed by atoms with van der Waals surface area (Å²) in [6.07, 6.45) is 3.01. The number of rotatable bonds is 10. The summed E-state index contributed by atoms with van der Waals surface area (Å²) >= 11 is 0. The molecule has 0 aliphatic rings. The Morgan fingerprint density at radius 1 is 1.00 bits per heavy atom. The number of nitrogens with zero attached hydrogens (tertiary/aromatic N) is 3. The molecular weight excluding hydrogens is 430 g/mol. The van der Waals surface area contributed by atoms with Crippen molar-refractivity contribution in [2.75, 3.05) is 13.7 Å². The molecule has 7 nitrogen and oxygen atoms in total. The van der Waals surface area contributed by atoms with E-state index in [1.54, 1.807) is 28.8 Å². The maximum atomic E-state index is 13.2. The number of ether oxygens (including phenoxy) is 2. The number of para-hydroxylation sites is 3. The molecule has 0 saturated carbocycles. The van der Waals surface area contributed by atoms with Crippen molar-refractivity contribution in [3.05, 3.63) is 90.0 Å². The lowest BCUT2D eigenvalue weighted by Crippen LogP contribution is -2.31. The Morgan fingerprint density at radius 2 is 1.74 bits per heavy atom. The minimum absolute atomic E-state index is 0.162. The van der Waals surface area contributed by atoms with Crippen molar-refractivity contribution in [2.45, 2.75) is 33.2 Å². The number of aromatic nitrogens is 2. The van der Waals surface area contributed by atoms with E-state index in [0.717, 1.165) is 23.4 Å². The average molecular weight is 460 g/mol. The number of methoxy groups -OCH3 is 1. The minimum Gasteiger partial charge on any atom is -0.493 e. The van der Waals surface area contributed by atoms with E-state index >= 15 is 0 Å². The van der Waals surface area contributed by atoms with Crippen LogP contribution in [0.15, 0.2) is 77.4 Å². The molecule has 2 aromatic heterocycles. The standard InChI is InChI=1S/C27H29N3O4/c1-4-17-29(26(31)25-16-11-18-33-25)19-21-22(5-2)28-30(20-12-7-6-8-13-20)27(21)34-24-15-10-9-14-23(24)32-3/h6-16,18H,4-5,17,19H2,1-3H3. The summed E-state index contributed by atoms with van der Waals surface area (Å²) in [4.78, 5) is 15.0. The van der Waals surface area contributed by atoms with Crippen LogP contribution < -0.4 is 9.47 Å². The van der Waals surface area contributed by atoms with Gasteiger partial charge in [0, 0.05) is 6.54 Å². The van der Waals surface area contributed by atoms with Crippen molar-refractivity contribution in [3.8, 4) is 23.1 Å². The van der Waals surface area contributed by atoms with E-state index in [1.165, 1.54) is 6.26 Å². The Balaban J connectivity index is 1.81. The zero-order chi connectivity index (χ0) is 23.9. The molecule has 0 unspecified atom stereocenters. The fourth-order valence-corrected chi connectivity index (χ4v) is 3.85. The number of carbonyl (C=O) groups excluding carboxylic acids is 1. The van der Waals surface area contributed by atoms with Crippen LogP contribution in [-0.4, -0.2) is 34.2 Å². The van der Waals surface area contributed by atoms with Gasteiger partial charge in [-0.3, -0.25) is 4.79 Å². The zero-order valence-electron chi connectivity index (χ0n) is 19.7. The van der Waals surface area contributed by atoms with E-state index in [9.17, 15) is 4.79 Å². The number of carbonyl (C=O) groups is 1. The van der Waals surface area contributed by atoms with Gasteiger partial charge in [0.25, 0.3) is 5.91 Å². The summed E-state index contributed by atoms with van der Waals surface area (Å²) < 4.78 is 19.2. The van der Waals surface area contributed by atoms with Crippen LogP contribution in [0.3, 0.4) is 0 Å². The molecule has 1 amide bonds. The number of amides is 1. The molecule has 0 fully saturated rings. The quantitative estimate of drug-likeness (QED) is 0.296.